The van der Waals surface area contributed by atoms with Gasteiger partial charge in [0.1, 0.15) is 0 Å². The number of hydrogen-bond acceptors (Lipinski definition) is 2. The van der Waals surface area contributed by atoms with Crippen LogP contribution in [-0.2, 0) is 9.47 Å². The Hall–Kier alpha value is 0.400. The van der Waals surface area contributed by atoms with Gasteiger partial charge < -0.3 is 9.47 Å². The predicted molar refractivity (Wildman–Crippen MR) is 64.2 cm³/mol. The molecule has 0 fully saturated rings. The third-order valence-corrected chi connectivity index (χ3v) is 2.31. The smallest absolute Gasteiger partial charge is 0.0700 e. The van der Waals surface area contributed by atoms with Crippen LogP contribution in [0.25, 0.3) is 0 Å². The highest BCUT2D eigenvalue weighted by Crippen LogP contribution is 2.02. The highest BCUT2D eigenvalue weighted by Gasteiger charge is 1.90. The van der Waals surface area contributed by atoms with Gasteiger partial charge in [-0.05, 0) is 6.42 Å². The van der Waals surface area contributed by atoms with Gasteiger partial charge in [0.15, 0.2) is 0 Å². The van der Waals surface area contributed by atoms with Gasteiger partial charge in [0.2, 0.25) is 0 Å². The van der Waals surface area contributed by atoms with Crippen molar-refractivity contribution in [2.75, 3.05) is 31.8 Å². The SMILES string of the molecule is CCCCCCCOCCOCCBr. The second-order valence-electron chi connectivity index (χ2n) is 3.33. The van der Waals surface area contributed by atoms with Crippen molar-refractivity contribution >= 4 is 15.9 Å². The Balaban J connectivity index is 2.78. The van der Waals surface area contributed by atoms with Crippen molar-refractivity contribution in [2.24, 2.45) is 0 Å². The first-order valence-electron chi connectivity index (χ1n) is 5.63. The fourth-order valence-corrected chi connectivity index (χ4v) is 1.41. The lowest BCUT2D eigenvalue weighted by atomic mass is 10.2. The first kappa shape index (κ1) is 14.4. The Kier molecular flexibility index (Phi) is 13.8. The van der Waals surface area contributed by atoms with Gasteiger partial charge >= 0.3 is 0 Å². The number of rotatable bonds is 11. The summed E-state index contributed by atoms with van der Waals surface area (Å²) in [6.45, 7) is 5.36. The van der Waals surface area contributed by atoms with Crippen molar-refractivity contribution in [3.05, 3.63) is 0 Å². The van der Waals surface area contributed by atoms with E-state index in [0.717, 1.165) is 31.8 Å². The maximum Gasteiger partial charge on any atom is 0.0700 e. The molecule has 0 atom stereocenters. The number of unbranched alkanes of at least 4 members (excludes halogenated alkanes) is 4. The first-order chi connectivity index (χ1) is 6.91. The molecule has 0 spiro atoms. The summed E-state index contributed by atoms with van der Waals surface area (Å²) in [4.78, 5) is 0. The largest absolute Gasteiger partial charge is 0.379 e. The molecule has 0 aliphatic rings. The van der Waals surface area contributed by atoms with Gasteiger partial charge in [-0.2, -0.15) is 0 Å². The van der Waals surface area contributed by atoms with E-state index in [9.17, 15) is 0 Å². The molecule has 0 aliphatic heterocycles. The third-order valence-electron chi connectivity index (χ3n) is 1.99. The van der Waals surface area contributed by atoms with E-state index in [2.05, 4.69) is 22.9 Å². The lowest BCUT2D eigenvalue weighted by Crippen LogP contribution is -2.06. The number of halogens is 1. The molecule has 0 aromatic rings. The van der Waals surface area contributed by atoms with E-state index in [1.54, 1.807) is 0 Å². The normalized spacial score (nSPS) is 10.7. The summed E-state index contributed by atoms with van der Waals surface area (Å²) >= 11 is 3.30. The number of alkyl halides is 1. The first-order valence-corrected chi connectivity index (χ1v) is 6.75. The monoisotopic (exact) mass is 266 g/mol. The molecule has 0 amide bonds. The molecule has 3 heteroatoms. The van der Waals surface area contributed by atoms with E-state index >= 15 is 0 Å². The van der Waals surface area contributed by atoms with Crippen molar-refractivity contribution in [3.8, 4) is 0 Å². The Bertz CT molecular complexity index is 87.3. The second kappa shape index (κ2) is 13.4. The quantitative estimate of drug-likeness (QED) is 0.422. The zero-order chi connectivity index (χ0) is 10.5. The lowest BCUT2D eigenvalue weighted by molar-refractivity contribution is 0.0524. The van der Waals surface area contributed by atoms with Gasteiger partial charge in [-0.15, -0.1) is 0 Å². The minimum Gasteiger partial charge on any atom is -0.379 e. The number of hydrogen-bond donors (Lipinski definition) is 0. The Morgan fingerprint density at radius 2 is 1.43 bits per heavy atom. The molecule has 0 rings (SSSR count). The molecule has 0 unspecified atom stereocenters. The zero-order valence-corrected chi connectivity index (χ0v) is 10.9. The van der Waals surface area contributed by atoms with Crippen LogP contribution in [0.5, 0.6) is 0 Å². The molecular formula is C11H23BrO2. The van der Waals surface area contributed by atoms with E-state index in [1.807, 2.05) is 0 Å². The van der Waals surface area contributed by atoms with Crippen molar-refractivity contribution in [1.29, 1.82) is 0 Å². The van der Waals surface area contributed by atoms with Gasteiger partial charge in [-0.1, -0.05) is 48.5 Å². The lowest BCUT2D eigenvalue weighted by Gasteiger charge is -2.04. The predicted octanol–water partition coefficient (Wildman–Crippen LogP) is 3.38. The fraction of sp³-hybridized carbons (Fsp3) is 1.00. The summed E-state index contributed by atoms with van der Waals surface area (Å²) in [6, 6.07) is 0. The van der Waals surface area contributed by atoms with Crippen LogP contribution in [0.4, 0.5) is 0 Å². The van der Waals surface area contributed by atoms with Crippen LogP contribution in [0, 0.1) is 0 Å². The van der Waals surface area contributed by atoms with E-state index in [0.29, 0.717) is 0 Å². The van der Waals surface area contributed by atoms with Gasteiger partial charge in [0.25, 0.3) is 0 Å². The van der Waals surface area contributed by atoms with Crippen LogP contribution < -0.4 is 0 Å². The molecule has 0 saturated heterocycles. The highest BCUT2D eigenvalue weighted by molar-refractivity contribution is 9.09. The molecule has 0 aromatic heterocycles. The average Bonchev–Trinajstić information content (AvgIpc) is 2.21. The van der Waals surface area contributed by atoms with E-state index in [1.165, 1.54) is 32.1 Å². The van der Waals surface area contributed by atoms with Crippen LogP contribution in [0.15, 0.2) is 0 Å². The molecular weight excluding hydrogens is 244 g/mol. The molecule has 86 valence electrons. The Morgan fingerprint density at radius 3 is 2.07 bits per heavy atom. The maximum atomic E-state index is 5.42. The molecule has 0 radical (unpaired) electrons. The minimum atomic E-state index is 0.723. The summed E-state index contributed by atoms with van der Waals surface area (Å²) in [5.74, 6) is 0. The molecule has 14 heavy (non-hydrogen) atoms. The van der Waals surface area contributed by atoms with Crippen LogP contribution in [0.2, 0.25) is 0 Å². The number of ether oxygens (including phenoxy) is 2. The molecule has 0 aromatic carbocycles. The van der Waals surface area contributed by atoms with Gasteiger partial charge in [-0.3, -0.25) is 0 Å². The highest BCUT2D eigenvalue weighted by atomic mass is 79.9. The van der Waals surface area contributed by atoms with E-state index in [4.69, 9.17) is 9.47 Å². The summed E-state index contributed by atoms with van der Waals surface area (Å²) in [5, 5.41) is 0.907. The van der Waals surface area contributed by atoms with Crippen molar-refractivity contribution < 1.29 is 9.47 Å². The van der Waals surface area contributed by atoms with Crippen LogP contribution in [0.3, 0.4) is 0 Å². The maximum absolute atomic E-state index is 5.42. The summed E-state index contributed by atoms with van der Waals surface area (Å²) < 4.78 is 10.7. The molecule has 2 nitrogen and oxygen atoms in total. The van der Waals surface area contributed by atoms with Crippen LogP contribution >= 0.6 is 15.9 Å². The van der Waals surface area contributed by atoms with Gasteiger partial charge in [0.05, 0.1) is 19.8 Å². The van der Waals surface area contributed by atoms with E-state index < -0.39 is 0 Å². The minimum absolute atomic E-state index is 0.723. The van der Waals surface area contributed by atoms with Crippen molar-refractivity contribution in [3.63, 3.8) is 0 Å². The Labute approximate surface area is 96.5 Å². The molecule has 0 N–H and O–H groups in total. The topological polar surface area (TPSA) is 18.5 Å². The molecule has 0 aliphatic carbocycles. The third kappa shape index (κ3) is 12.4. The van der Waals surface area contributed by atoms with Crippen LogP contribution in [-0.4, -0.2) is 31.8 Å². The standard InChI is InChI=1S/C11H23BrO2/c1-2-3-4-5-6-8-13-10-11-14-9-7-12/h2-11H2,1H3. The average molecular weight is 267 g/mol. The van der Waals surface area contributed by atoms with Crippen LogP contribution in [0.1, 0.15) is 39.0 Å². The second-order valence-corrected chi connectivity index (χ2v) is 4.12. The van der Waals surface area contributed by atoms with Gasteiger partial charge in [0, 0.05) is 11.9 Å². The summed E-state index contributed by atoms with van der Waals surface area (Å²) in [6.07, 6.45) is 6.50. The Morgan fingerprint density at radius 1 is 0.786 bits per heavy atom. The summed E-state index contributed by atoms with van der Waals surface area (Å²) in [7, 11) is 0. The fourth-order valence-electron chi connectivity index (χ4n) is 1.18. The summed E-state index contributed by atoms with van der Waals surface area (Å²) in [5.41, 5.74) is 0. The molecule has 0 bridgehead atoms. The van der Waals surface area contributed by atoms with E-state index in [-0.39, 0.29) is 0 Å². The molecule has 0 saturated carbocycles. The zero-order valence-electron chi connectivity index (χ0n) is 9.27. The van der Waals surface area contributed by atoms with Crippen molar-refractivity contribution in [2.45, 2.75) is 39.0 Å². The van der Waals surface area contributed by atoms with Crippen molar-refractivity contribution in [1.82, 2.24) is 0 Å². The molecule has 0 heterocycles. The van der Waals surface area contributed by atoms with Gasteiger partial charge in [-0.25, -0.2) is 0 Å².